The first kappa shape index (κ1) is 23.8. The molecule has 34 heavy (non-hydrogen) atoms. The van der Waals surface area contributed by atoms with E-state index in [-0.39, 0.29) is 23.8 Å². The van der Waals surface area contributed by atoms with Crippen molar-refractivity contribution in [2.24, 2.45) is 0 Å². The lowest BCUT2D eigenvalue weighted by atomic mass is 9.92. The predicted molar refractivity (Wildman–Crippen MR) is 131 cm³/mol. The van der Waals surface area contributed by atoms with Gasteiger partial charge in [-0.2, -0.15) is 5.10 Å². The number of carbonyl (C=O) groups is 2. The van der Waals surface area contributed by atoms with Gasteiger partial charge in [0.1, 0.15) is 17.3 Å². The van der Waals surface area contributed by atoms with Crippen LogP contribution in [0.25, 0.3) is 5.69 Å². The molecule has 1 aromatic carbocycles. The molecular weight excluding hydrogens is 430 g/mol. The van der Waals surface area contributed by atoms with Crippen molar-refractivity contribution in [2.45, 2.75) is 40.0 Å². The molecule has 0 atom stereocenters. The molecule has 8 heteroatoms. The van der Waals surface area contributed by atoms with Crippen molar-refractivity contribution in [1.29, 1.82) is 0 Å². The van der Waals surface area contributed by atoms with Crippen LogP contribution >= 0.6 is 0 Å². The fourth-order valence-electron chi connectivity index (χ4n) is 4.11. The molecule has 1 aliphatic heterocycles. The Morgan fingerprint density at radius 3 is 2.29 bits per heavy atom. The Morgan fingerprint density at radius 2 is 1.71 bits per heavy atom. The van der Waals surface area contributed by atoms with Crippen LogP contribution in [0.1, 0.15) is 48.3 Å². The summed E-state index contributed by atoms with van der Waals surface area (Å²) in [5.74, 6) is 1.92. The first-order valence-corrected chi connectivity index (χ1v) is 11.7. The molecule has 0 saturated carbocycles. The van der Waals surface area contributed by atoms with E-state index in [9.17, 15) is 9.59 Å². The quantitative estimate of drug-likeness (QED) is 0.623. The number of hydrogen-bond donors (Lipinski definition) is 1. The molecule has 0 bridgehead atoms. The molecule has 2 aromatic heterocycles. The molecule has 8 nitrogen and oxygen atoms in total. The SMILES string of the molecule is Cc1cc(C(=O)N2CCN(CC(=O)Nc3cc(C(C)(C)C)nn3-c3ccccc3)CC2)c(C)o1. The molecule has 3 aromatic rings. The van der Waals surface area contributed by atoms with Crippen LogP contribution in [-0.4, -0.2) is 64.1 Å². The van der Waals surface area contributed by atoms with Gasteiger partial charge < -0.3 is 14.6 Å². The maximum Gasteiger partial charge on any atom is 0.257 e. The van der Waals surface area contributed by atoms with Gasteiger partial charge in [0.15, 0.2) is 0 Å². The maximum absolute atomic E-state index is 12.9. The van der Waals surface area contributed by atoms with Crippen molar-refractivity contribution in [3.8, 4) is 5.69 Å². The highest BCUT2D eigenvalue weighted by Gasteiger charge is 2.26. The molecule has 3 heterocycles. The summed E-state index contributed by atoms with van der Waals surface area (Å²) in [6, 6.07) is 13.5. The van der Waals surface area contributed by atoms with Crippen LogP contribution in [-0.2, 0) is 10.2 Å². The molecule has 0 aliphatic carbocycles. The van der Waals surface area contributed by atoms with Gasteiger partial charge in [0.05, 0.1) is 23.5 Å². The Balaban J connectivity index is 1.39. The second-order valence-electron chi connectivity index (χ2n) is 9.86. The van der Waals surface area contributed by atoms with E-state index in [4.69, 9.17) is 9.52 Å². The van der Waals surface area contributed by atoms with Crippen LogP contribution in [0.15, 0.2) is 46.9 Å². The number of hydrogen-bond acceptors (Lipinski definition) is 5. The zero-order valence-electron chi connectivity index (χ0n) is 20.6. The Hall–Kier alpha value is -3.39. The van der Waals surface area contributed by atoms with Gasteiger partial charge in [-0.25, -0.2) is 4.68 Å². The van der Waals surface area contributed by atoms with Gasteiger partial charge in [0.25, 0.3) is 5.91 Å². The van der Waals surface area contributed by atoms with E-state index < -0.39 is 0 Å². The minimum Gasteiger partial charge on any atom is -0.466 e. The van der Waals surface area contributed by atoms with Crippen molar-refractivity contribution in [1.82, 2.24) is 19.6 Å². The van der Waals surface area contributed by atoms with Crippen molar-refractivity contribution >= 4 is 17.6 Å². The van der Waals surface area contributed by atoms with E-state index in [0.717, 1.165) is 17.1 Å². The fourth-order valence-corrected chi connectivity index (χ4v) is 4.11. The third-order valence-electron chi connectivity index (χ3n) is 6.04. The van der Waals surface area contributed by atoms with Crippen LogP contribution in [0.2, 0.25) is 0 Å². The number of rotatable bonds is 5. The van der Waals surface area contributed by atoms with Crippen molar-refractivity contribution in [3.05, 3.63) is 65.2 Å². The lowest BCUT2D eigenvalue weighted by Gasteiger charge is -2.34. The second kappa shape index (κ2) is 9.46. The Bertz CT molecular complexity index is 1170. The van der Waals surface area contributed by atoms with Crippen LogP contribution in [0.4, 0.5) is 5.82 Å². The van der Waals surface area contributed by atoms with Gasteiger partial charge >= 0.3 is 0 Å². The second-order valence-corrected chi connectivity index (χ2v) is 9.86. The summed E-state index contributed by atoms with van der Waals surface area (Å²) in [4.78, 5) is 29.6. The van der Waals surface area contributed by atoms with Crippen molar-refractivity contribution in [2.75, 3.05) is 38.0 Å². The van der Waals surface area contributed by atoms with E-state index in [1.165, 1.54) is 0 Å². The number of piperazine rings is 1. The highest BCUT2D eigenvalue weighted by atomic mass is 16.3. The van der Waals surface area contributed by atoms with E-state index >= 15 is 0 Å². The predicted octanol–water partition coefficient (Wildman–Crippen LogP) is 3.78. The summed E-state index contributed by atoms with van der Waals surface area (Å²) in [5, 5.41) is 7.80. The number of nitrogens with zero attached hydrogens (tertiary/aromatic N) is 4. The standard InChI is InChI=1S/C26H33N5O3/c1-18-15-21(19(2)34-18)25(33)30-13-11-29(12-14-30)17-24(32)27-23-16-22(26(3,4)5)28-31(23)20-9-7-6-8-10-20/h6-10,15-16H,11-14,17H2,1-5H3,(H,27,32). The molecule has 1 N–H and O–H groups in total. The number of carbonyl (C=O) groups excluding carboxylic acids is 2. The summed E-state index contributed by atoms with van der Waals surface area (Å²) >= 11 is 0. The lowest BCUT2D eigenvalue weighted by molar-refractivity contribution is -0.117. The van der Waals surface area contributed by atoms with Gasteiger partial charge in [-0.1, -0.05) is 39.0 Å². The normalized spacial score (nSPS) is 14.9. The maximum atomic E-state index is 12.9. The lowest BCUT2D eigenvalue weighted by Crippen LogP contribution is -2.50. The van der Waals surface area contributed by atoms with E-state index in [1.807, 2.05) is 55.1 Å². The summed E-state index contributed by atoms with van der Waals surface area (Å²) in [6.45, 7) is 12.6. The average molecular weight is 464 g/mol. The molecule has 0 unspecified atom stereocenters. The summed E-state index contributed by atoms with van der Waals surface area (Å²) in [7, 11) is 0. The molecule has 1 saturated heterocycles. The van der Waals surface area contributed by atoms with Crippen LogP contribution in [0, 0.1) is 13.8 Å². The molecular formula is C26H33N5O3. The van der Waals surface area contributed by atoms with Crippen LogP contribution in [0.5, 0.6) is 0 Å². The summed E-state index contributed by atoms with van der Waals surface area (Å²) < 4.78 is 7.29. The van der Waals surface area contributed by atoms with Crippen LogP contribution < -0.4 is 5.32 Å². The van der Waals surface area contributed by atoms with Crippen LogP contribution in [0.3, 0.4) is 0 Å². The van der Waals surface area contributed by atoms with Crippen molar-refractivity contribution < 1.29 is 14.0 Å². The fraction of sp³-hybridized carbons (Fsp3) is 0.423. The van der Waals surface area contributed by atoms with Gasteiger partial charge in [0, 0.05) is 37.7 Å². The minimum atomic E-state index is -0.145. The molecule has 4 rings (SSSR count). The molecule has 2 amide bonds. The number of nitrogens with one attached hydrogen (secondary N) is 1. The topological polar surface area (TPSA) is 83.6 Å². The highest BCUT2D eigenvalue weighted by Crippen LogP contribution is 2.26. The molecule has 1 aliphatic rings. The Kier molecular flexibility index (Phi) is 6.61. The van der Waals surface area contributed by atoms with Gasteiger partial charge in [-0.3, -0.25) is 14.5 Å². The van der Waals surface area contributed by atoms with E-state index in [2.05, 4.69) is 31.0 Å². The van der Waals surface area contributed by atoms with Crippen molar-refractivity contribution in [3.63, 3.8) is 0 Å². The molecule has 1 fully saturated rings. The number of para-hydroxylation sites is 1. The third-order valence-corrected chi connectivity index (χ3v) is 6.04. The first-order chi connectivity index (χ1) is 16.1. The zero-order chi connectivity index (χ0) is 24.5. The number of anilines is 1. The molecule has 0 spiro atoms. The number of aromatic nitrogens is 2. The smallest absolute Gasteiger partial charge is 0.257 e. The zero-order valence-corrected chi connectivity index (χ0v) is 20.6. The molecule has 180 valence electrons. The summed E-state index contributed by atoms with van der Waals surface area (Å²) in [6.07, 6.45) is 0. The van der Waals surface area contributed by atoms with E-state index in [1.54, 1.807) is 10.7 Å². The highest BCUT2D eigenvalue weighted by molar-refractivity contribution is 5.95. The number of furan rings is 1. The largest absolute Gasteiger partial charge is 0.466 e. The third kappa shape index (κ3) is 5.22. The van der Waals surface area contributed by atoms with Gasteiger partial charge in [-0.15, -0.1) is 0 Å². The van der Waals surface area contributed by atoms with E-state index in [0.29, 0.717) is 43.3 Å². The van der Waals surface area contributed by atoms with Gasteiger partial charge in [0.2, 0.25) is 5.91 Å². The Labute approximate surface area is 200 Å². The monoisotopic (exact) mass is 463 g/mol. The first-order valence-electron chi connectivity index (χ1n) is 11.7. The van der Waals surface area contributed by atoms with Gasteiger partial charge in [-0.05, 0) is 32.0 Å². The average Bonchev–Trinajstić information content (AvgIpc) is 3.37. The number of benzene rings is 1. The summed E-state index contributed by atoms with van der Waals surface area (Å²) in [5.41, 5.74) is 2.27. The minimum absolute atomic E-state index is 0.0140. The Morgan fingerprint density at radius 1 is 1.03 bits per heavy atom. The number of amides is 2. The number of aryl methyl sites for hydroxylation is 2. The molecule has 0 radical (unpaired) electrons.